The maximum Gasteiger partial charge on any atom is 0.0881 e. The van der Waals surface area contributed by atoms with Gasteiger partial charge in [0.05, 0.1) is 11.5 Å². The standard InChI is InChI=1S/C23H35NO/c1-3-5-12-20(10-4-2)23(18-24,21-13-7-6-8-14-21)22-15-9-11-19(22)16-17-25/h6-8,13-14,19-20,22,25H,3-5,9-12,15-17H2,1-2H3. The van der Waals surface area contributed by atoms with Gasteiger partial charge >= 0.3 is 0 Å². The van der Waals surface area contributed by atoms with Crippen molar-refractivity contribution in [2.24, 2.45) is 17.8 Å². The maximum atomic E-state index is 10.6. The molecule has 2 rings (SSSR count). The molecular weight excluding hydrogens is 306 g/mol. The van der Waals surface area contributed by atoms with Crippen LogP contribution in [0.5, 0.6) is 0 Å². The van der Waals surface area contributed by atoms with Crippen LogP contribution in [-0.2, 0) is 5.41 Å². The lowest BCUT2D eigenvalue weighted by Crippen LogP contribution is -2.43. The molecule has 1 aromatic rings. The number of hydrogen-bond donors (Lipinski definition) is 1. The average molecular weight is 342 g/mol. The van der Waals surface area contributed by atoms with Crippen LogP contribution >= 0.6 is 0 Å². The second-order valence-corrected chi connectivity index (χ2v) is 7.78. The smallest absolute Gasteiger partial charge is 0.0881 e. The number of nitriles is 1. The van der Waals surface area contributed by atoms with Gasteiger partial charge in [0.25, 0.3) is 0 Å². The zero-order valence-corrected chi connectivity index (χ0v) is 16.1. The van der Waals surface area contributed by atoms with Crippen molar-refractivity contribution in [1.82, 2.24) is 0 Å². The first-order valence-corrected chi connectivity index (χ1v) is 10.3. The summed E-state index contributed by atoms with van der Waals surface area (Å²) in [4.78, 5) is 0. The van der Waals surface area contributed by atoms with Gasteiger partial charge in [0.15, 0.2) is 0 Å². The molecule has 4 unspecified atom stereocenters. The van der Waals surface area contributed by atoms with Gasteiger partial charge in [-0.15, -0.1) is 0 Å². The fraction of sp³-hybridized carbons (Fsp3) is 0.696. The van der Waals surface area contributed by atoms with Crippen molar-refractivity contribution >= 4 is 0 Å². The summed E-state index contributed by atoms with van der Waals surface area (Å²) in [6, 6.07) is 13.4. The Labute approximate surface area is 154 Å². The summed E-state index contributed by atoms with van der Waals surface area (Å²) in [6.07, 6.45) is 10.1. The number of aliphatic hydroxyl groups is 1. The highest BCUT2D eigenvalue weighted by molar-refractivity contribution is 5.36. The Morgan fingerprint density at radius 2 is 1.92 bits per heavy atom. The van der Waals surface area contributed by atoms with E-state index in [0.717, 1.165) is 38.5 Å². The number of hydrogen-bond acceptors (Lipinski definition) is 2. The van der Waals surface area contributed by atoms with Gasteiger partial charge in [0, 0.05) is 6.61 Å². The Bertz CT molecular complexity index is 535. The quantitative estimate of drug-likeness (QED) is 0.580. The van der Waals surface area contributed by atoms with Crippen LogP contribution in [0.2, 0.25) is 0 Å². The van der Waals surface area contributed by atoms with Crippen LogP contribution in [0.3, 0.4) is 0 Å². The molecule has 0 spiro atoms. The molecule has 1 fully saturated rings. The maximum absolute atomic E-state index is 10.6. The number of rotatable bonds is 10. The molecule has 1 saturated carbocycles. The second-order valence-electron chi connectivity index (χ2n) is 7.78. The van der Waals surface area contributed by atoms with E-state index in [1.54, 1.807) is 0 Å². The van der Waals surface area contributed by atoms with Gasteiger partial charge in [-0.3, -0.25) is 0 Å². The molecule has 2 nitrogen and oxygen atoms in total. The highest BCUT2D eigenvalue weighted by Gasteiger charge is 2.50. The Morgan fingerprint density at radius 3 is 2.52 bits per heavy atom. The molecule has 0 saturated heterocycles. The van der Waals surface area contributed by atoms with Gasteiger partial charge in [-0.25, -0.2) is 0 Å². The highest BCUT2D eigenvalue weighted by Crippen LogP contribution is 2.52. The van der Waals surface area contributed by atoms with Crippen molar-refractivity contribution < 1.29 is 5.11 Å². The van der Waals surface area contributed by atoms with Gasteiger partial charge in [-0.1, -0.05) is 76.3 Å². The molecule has 0 heterocycles. The summed E-state index contributed by atoms with van der Waals surface area (Å²) in [7, 11) is 0. The van der Waals surface area contributed by atoms with E-state index < -0.39 is 5.41 Å². The van der Waals surface area contributed by atoms with E-state index in [1.165, 1.54) is 24.8 Å². The SMILES string of the molecule is CCCCC(CCC)C(C#N)(c1ccccc1)C1CCCC1CCO. The molecule has 25 heavy (non-hydrogen) atoms. The Morgan fingerprint density at radius 1 is 1.16 bits per heavy atom. The number of nitrogens with zero attached hydrogens (tertiary/aromatic N) is 1. The van der Waals surface area contributed by atoms with E-state index in [-0.39, 0.29) is 6.61 Å². The lowest BCUT2D eigenvalue weighted by molar-refractivity contribution is 0.143. The van der Waals surface area contributed by atoms with Crippen LogP contribution in [0.15, 0.2) is 30.3 Å². The minimum absolute atomic E-state index is 0.241. The molecule has 138 valence electrons. The van der Waals surface area contributed by atoms with Crippen molar-refractivity contribution in [3.05, 3.63) is 35.9 Å². The van der Waals surface area contributed by atoms with Crippen LogP contribution in [-0.4, -0.2) is 11.7 Å². The third kappa shape index (κ3) is 4.26. The van der Waals surface area contributed by atoms with Crippen LogP contribution in [0.25, 0.3) is 0 Å². The molecule has 1 aliphatic rings. The lowest BCUT2D eigenvalue weighted by atomic mass is 9.58. The lowest BCUT2D eigenvalue weighted by Gasteiger charge is -2.43. The highest BCUT2D eigenvalue weighted by atomic mass is 16.3. The molecule has 2 heteroatoms. The third-order valence-electron chi connectivity index (χ3n) is 6.37. The summed E-state index contributed by atoms with van der Waals surface area (Å²) in [5, 5.41) is 20.1. The van der Waals surface area contributed by atoms with Gasteiger partial charge < -0.3 is 5.11 Å². The minimum atomic E-state index is -0.400. The normalized spacial score (nSPS) is 23.8. The first-order valence-electron chi connectivity index (χ1n) is 10.3. The molecule has 0 bridgehead atoms. The van der Waals surface area contributed by atoms with E-state index >= 15 is 0 Å². The minimum Gasteiger partial charge on any atom is -0.396 e. The number of benzene rings is 1. The fourth-order valence-electron chi connectivity index (χ4n) is 5.25. The molecule has 1 aliphatic carbocycles. The summed E-state index contributed by atoms with van der Waals surface area (Å²) in [5.41, 5.74) is 0.810. The summed E-state index contributed by atoms with van der Waals surface area (Å²) >= 11 is 0. The van der Waals surface area contributed by atoms with E-state index in [0.29, 0.717) is 17.8 Å². The zero-order chi connectivity index (χ0) is 18.1. The summed E-state index contributed by atoms with van der Waals surface area (Å²) < 4.78 is 0. The fourth-order valence-corrected chi connectivity index (χ4v) is 5.25. The van der Waals surface area contributed by atoms with Crippen molar-refractivity contribution in [3.8, 4) is 6.07 Å². The molecule has 0 amide bonds. The molecule has 1 aromatic carbocycles. The first kappa shape index (κ1) is 20.0. The summed E-state index contributed by atoms with van der Waals surface area (Å²) in [6.45, 7) is 4.72. The van der Waals surface area contributed by atoms with E-state index in [9.17, 15) is 10.4 Å². The molecule has 1 N–H and O–H groups in total. The van der Waals surface area contributed by atoms with Crippen LogP contribution < -0.4 is 0 Å². The number of unbranched alkanes of at least 4 members (excludes halogenated alkanes) is 1. The average Bonchev–Trinajstić information content (AvgIpc) is 3.10. The Hall–Kier alpha value is -1.33. The molecule has 0 aliphatic heterocycles. The van der Waals surface area contributed by atoms with Crippen LogP contribution in [0, 0.1) is 29.1 Å². The monoisotopic (exact) mass is 341 g/mol. The zero-order valence-electron chi connectivity index (χ0n) is 16.1. The van der Waals surface area contributed by atoms with E-state index in [1.807, 2.05) is 6.07 Å². The van der Waals surface area contributed by atoms with Crippen molar-refractivity contribution in [3.63, 3.8) is 0 Å². The van der Waals surface area contributed by atoms with E-state index in [2.05, 4.69) is 44.2 Å². The van der Waals surface area contributed by atoms with Gasteiger partial charge in [-0.05, 0) is 49.0 Å². The Balaban J connectivity index is 2.50. The van der Waals surface area contributed by atoms with Gasteiger partial charge in [0.2, 0.25) is 0 Å². The second kappa shape index (κ2) is 9.97. The predicted molar refractivity (Wildman–Crippen MR) is 104 cm³/mol. The third-order valence-corrected chi connectivity index (χ3v) is 6.37. The Kier molecular flexibility index (Phi) is 7.97. The van der Waals surface area contributed by atoms with E-state index in [4.69, 9.17) is 0 Å². The van der Waals surface area contributed by atoms with Gasteiger partial charge in [-0.2, -0.15) is 5.26 Å². The van der Waals surface area contributed by atoms with Crippen molar-refractivity contribution in [1.29, 1.82) is 5.26 Å². The van der Waals surface area contributed by atoms with Crippen LogP contribution in [0.1, 0.15) is 77.2 Å². The molecule has 0 aromatic heterocycles. The summed E-state index contributed by atoms with van der Waals surface area (Å²) in [5.74, 6) is 1.26. The molecule has 0 radical (unpaired) electrons. The number of aliphatic hydroxyl groups excluding tert-OH is 1. The largest absolute Gasteiger partial charge is 0.396 e. The topological polar surface area (TPSA) is 44.0 Å². The first-order chi connectivity index (χ1) is 12.2. The van der Waals surface area contributed by atoms with Crippen LogP contribution in [0.4, 0.5) is 0 Å². The molecular formula is C23H35NO. The molecule has 4 atom stereocenters. The van der Waals surface area contributed by atoms with Gasteiger partial charge in [0.1, 0.15) is 0 Å². The van der Waals surface area contributed by atoms with Crippen molar-refractivity contribution in [2.45, 2.75) is 77.0 Å². The van der Waals surface area contributed by atoms with Crippen molar-refractivity contribution in [2.75, 3.05) is 6.61 Å². The predicted octanol–water partition coefficient (Wildman–Crippen LogP) is 5.85.